The Morgan fingerprint density at radius 2 is 2.00 bits per heavy atom. The van der Waals surface area contributed by atoms with Crippen molar-refractivity contribution in [2.75, 3.05) is 19.8 Å². The first kappa shape index (κ1) is 26.6. The molecule has 37 heavy (non-hydrogen) atoms. The van der Waals surface area contributed by atoms with Gasteiger partial charge in [0, 0.05) is 18.3 Å². The van der Waals surface area contributed by atoms with Gasteiger partial charge in [0.15, 0.2) is 0 Å². The van der Waals surface area contributed by atoms with Gasteiger partial charge in [0.05, 0.1) is 17.4 Å². The van der Waals surface area contributed by atoms with Crippen molar-refractivity contribution in [1.29, 1.82) is 0 Å². The lowest BCUT2D eigenvalue weighted by molar-refractivity contribution is -0.124. The van der Waals surface area contributed by atoms with E-state index in [1.807, 2.05) is 39.0 Å². The lowest BCUT2D eigenvalue weighted by atomic mass is 10.0. The Morgan fingerprint density at radius 1 is 1.22 bits per heavy atom. The number of nitrogens with one attached hydrogen (secondary N) is 1. The van der Waals surface area contributed by atoms with Crippen LogP contribution in [-0.2, 0) is 11.2 Å². The largest absolute Gasteiger partial charge is 0.490 e. The highest BCUT2D eigenvalue weighted by Crippen LogP contribution is 2.33. The summed E-state index contributed by atoms with van der Waals surface area (Å²) in [5.41, 5.74) is 4.10. The lowest BCUT2D eigenvalue weighted by Crippen LogP contribution is -2.36. The summed E-state index contributed by atoms with van der Waals surface area (Å²) in [6.07, 6.45) is 6.22. The summed E-state index contributed by atoms with van der Waals surface area (Å²) in [7, 11) is 0. The zero-order chi connectivity index (χ0) is 26.4. The molecule has 2 aromatic heterocycles. The van der Waals surface area contributed by atoms with Crippen molar-refractivity contribution in [3.05, 3.63) is 41.2 Å². The molecular weight excluding hydrogens is 476 g/mol. The number of rotatable bonds is 11. The number of aliphatic hydroxyl groups is 2. The van der Waals surface area contributed by atoms with Crippen LogP contribution in [0.5, 0.6) is 11.5 Å². The van der Waals surface area contributed by atoms with Crippen LogP contribution in [0, 0.1) is 13.8 Å². The first-order valence-corrected chi connectivity index (χ1v) is 12.7. The number of hydrogen-bond acceptors (Lipinski definition) is 9. The van der Waals surface area contributed by atoms with Crippen LogP contribution in [0.25, 0.3) is 22.8 Å². The molecule has 1 saturated carbocycles. The molecule has 1 amide bonds. The Morgan fingerprint density at radius 3 is 2.73 bits per heavy atom. The number of carbonyl (C=O) groups excluding carboxylic acids is 1. The van der Waals surface area contributed by atoms with E-state index in [9.17, 15) is 9.90 Å². The Labute approximate surface area is 216 Å². The maximum absolute atomic E-state index is 11.2. The highest BCUT2D eigenvalue weighted by molar-refractivity contribution is 5.76. The van der Waals surface area contributed by atoms with Crippen LogP contribution in [0.4, 0.5) is 0 Å². The molecule has 0 spiro atoms. The van der Waals surface area contributed by atoms with Crippen molar-refractivity contribution in [3.63, 3.8) is 0 Å². The molecule has 198 valence electrons. The van der Waals surface area contributed by atoms with Crippen LogP contribution >= 0.6 is 0 Å². The smallest absolute Gasteiger partial charge is 0.259 e. The fourth-order valence-corrected chi connectivity index (χ4v) is 4.36. The molecule has 10 nitrogen and oxygen atoms in total. The predicted molar refractivity (Wildman–Crippen MR) is 136 cm³/mol. The van der Waals surface area contributed by atoms with Crippen LogP contribution in [0.2, 0.25) is 0 Å². The molecule has 1 atom stereocenters. The minimum Gasteiger partial charge on any atom is -0.490 e. The van der Waals surface area contributed by atoms with Gasteiger partial charge < -0.3 is 29.5 Å². The molecule has 0 unspecified atom stereocenters. The van der Waals surface area contributed by atoms with E-state index in [4.69, 9.17) is 19.1 Å². The van der Waals surface area contributed by atoms with Gasteiger partial charge in [-0.15, -0.1) is 0 Å². The van der Waals surface area contributed by atoms with Crippen molar-refractivity contribution >= 4 is 5.91 Å². The van der Waals surface area contributed by atoms with Crippen LogP contribution in [0.3, 0.4) is 0 Å². The Hall–Kier alpha value is -3.50. The van der Waals surface area contributed by atoms with Gasteiger partial charge in [0.2, 0.25) is 11.7 Å². The second kappa shape index (κ2) is 12.2. The predicted octanol–water partition coefficient (Wildman–Crippen LogP) is 3.15. The standard InChI is InChI=1S/C27H34N4O6/c1-4-18-10-19(9-16(2)25(18)35-15-21(33)13-29-24(34)14-32)26-30-27(37-31-26)20-11-23(17(3)28-12-20)36-22-7-5-6-8-22/h9-12,21-22,32-33H,4-8,13-15H2,1-3H3,(H,29,34)/t21-/m0/s1. The molecule has 3 N–H and O–H groups in total. The third-order valence-corrected chi connectivity index (χ3v) is 6.40. The number of benzene rings is 1. The van der Waals surface area contributed by atoms with Crippen LogP contribution in [0.1, 0.15) is 49.4 Å². The fourth-order valence-electron chi connectivity index (χ4n) is 4.36. The summed E-state index contributed by atoms with van der Waals surface area (Å²) in [5.74, 6) is 1.67. The second-order valence-corrected chi connectivity index (χ2v) is 9.32. The third kappa shape index (κ3) is 6.64. The summed E-state index contributed by atoms with van der Waals surface area (Å²) in [5, 5.41) is 25.5. The lowest BCUT2D eigenvalue weighted by Gasteiger charge is -2.17. The number of nitrogens with zero attached hydrogens (tertiary/aromatic N) is 3. The summed E-state index contributed by atoms with van der Waals surface area (Å²) >= 11 is 0. The molecule has 3 aromatic rings. The zero-order valence-electron chi connectivity index (χ0n) is 21.5. The number of aliphatic hydroxyl groups excluding tert-OH is 2. The molecule has 0 aliphatic heterocycles. The van der Waals surface area contributed by atoms with E-state index in [1.54, 1.807) is 6.20 Å². The number of pyridine rings is 1. The van der Waals surface area contributed by atoms with Crippen LogP contribution < -0.4 is 14.8 Å². The number of aromatic nitrogens is 3. The van der Waals surface area contributed by atoms with E-state index in [-0.39, 0.29) is 19.3 Å². The molecule has 0 bridgehead atoms. The summed E-state index contributed by atoms with van der Waals surface area (Å²) in [4.78, 5) is 20.2. The number of ether oxygens (including phenoxy) is 2. The minimum absolute atomic E-state index is 0.00304. The number of amides is 1. The molecule has 4 rings (SSSR count). The number of carbonyl (C=O) groups is 1. The Bertz CT molecular complexity index is 1220. The van der Waals surface area contributed by atoms with Gasteiger partial charge in [-0.1, -0.05) is 12.1 Å². The normalized spacial score (nSPS) is 14.5. The van der Waals surface area contributed by atoms with Gasteiger partial charge in [0.1, 0.15) is 30.8 Å². The van der Waals surface area contributed by atoms with E-state index in [0.29, 0.717) is 29.4 Å². The van der Waals surface area contributed by atoms with E-state index >= 15 is 0 Å². The van der Waals surface area contributed by atoms with Gasteiger partial charge in [0.25, 0.3) is 5.89 Å². The van der Waals surface area contributed by atoms with E-state index < -0.39 is 18.6 Å². The summed E-state index contributed by atoms with van der Waals surface area (Å²) in [6, 6.07) is 5.76. The maximum atomic E-state index is 11.2. The average Bonchev–Trinajstić information content (AvgIpc) is 3.60. The summed E-state index contributed by atoms with van der Waals surface area (Å²) in [6.45, 7) is 5.21. The first-order valence-electron chi connectivity index (χ1n) is 12.7. The van der Waals surface area contributed by atoms with Gasteiger partial charge in [-0.2, -0.15) is 4.98 Å². The molecule has 0 radical (unpaired) electrons. The zero-order valence-corrected chi connectivity index (χ0v) is 21.5. The molecule has 10 heteroatoms. The Balaban J connectivity index is 1.49. The van der Waals surface area contributed by atoms with E-state index in [1.165, 1.54) is 12.8 Å². The molecule has 1 fully saturated rings. The molecule has 0 saturated heterocycles. The SMILES string of the molecule is CCc1cc(-c2noc(-c3cnc(C)c(OC4CCCC4)c3)n2)cc(C)c1OC[C@@H](O)CNC(=O)CO. The molecule has 2 heterocycles. The second-order valence-electron chi connectivity index (χ2n) is 9.32. The van der Waals surface area contributed by atoms with Crippen LogP contribution in [0.15, 0.2) is 28.9 Å². The van der Waals surface area contributed by atoms with E-state index in [2.05, 4.69) is 20.4 Å². The van der Waals surface area contributed by atoms with Crippen molar-refractivity contribution < 1.29 is 29.0 Å². The van der Waals surface area contributed by atoms with Crippen molar-refractivity contribution in [1.82, 2.24) is 20.4 Å². The monoisotopic (exact) mass is 510 g/mol. The van der Waals surface area contributed by atoms with Gasteiger partial charge in [-0.3, -0.25) is 9.78 Å². The van der Waals surface area contributed by atoms with Crippen molar-refractivity contribution in [2.45, 2.75) is 65.1 Å². The van der Waals surface area contributed by atoms with E-state index in [0.717, 1.165) is 41.0 Å². The van der Waals surface area contributed by atoms with Crippen molar-refractivity contribution in [2.24, 2.45) is 0 Å². The molecule has 1 aromatic carbocycles. The number of aryl methyl sites for hydroxylation is 3. The molecule has 1 aliphatic carbocycles. The average molecular weight is 511 g/mol. The van der Waals surface area contributed by atoms with Crippen molar-refractivity contribution in [3.8, 4) is 34.3 Å². The highest BCUT2D eigenvalue weighted by atomic mass is 16.5. The Kier molecular flexibility index (Phi) is 8.73. The highest BCUT2D eigenvalue weighted by Gasteiger charge is 2.20. The van der Waals surface area contributed by atoms with Gasteiger partial charge >= 0.3 is 0 Å². The van der Waals surface area contributed by atoms with Gasteiger partial charge in [-0.05, 0) is 75.3 Å². The fraction of sp³-hybridized carbons (Fsp3) is 0.481. The topological polar surface area (TPSA) is 140 Å². The third-order valence-electron chi connectivity index (χ3n) is 6.40. The first-order chi connectivity index (χ1) is 17.9. The molecule has 1 aliphatic rings. The van der Waals surface area contributed by atoms with Crippen LogP contribution in [-0.4, -0.2) is 63.2 Å². The minimum atomic E-state index is -0.912. The quantitative estimate of drug-likeness (QED) is 0.355. The maximum Gasteiger partial charge on any atom is 0.259 e. The number of hydrogen-bond donors (Lipinski definition) is 3. The summed E-state index contributed by atoms with van der Waals surface area (Å²) < 4.78 is 17.6. The molecular formula is C27H34N4O6. The van der Waals surface area contributed by atoms with Gasteiger partial charge in [-0.25, -0.2) is 0 Å².